The summed E-state index contributed by atoms with van der Waals surface area (Å²) in [5.41, 5.74) is 3.17. The fraction of sp³-hybridized carbons (Fsp3) is 0.346. The van der Waals surface area contributed by atoms with Crippen LogP contribution in [0.1, 0.15) is 35.7 Å². The van der Waals surface area contributed by atoms with Crippen LogP contribution in [0.5, 0.6) is 0 Å². The van der Waals surface area contributed by atoms with Gasteiger partial charge in [0, 0.05) is 61.8 Å². The van der Waals surface area contributed by atoms with E-state index in [9.17, 15) is 9.59 Å². The van der Waals surface area contributed by atoms with Gasteiger partial charge in [0.25, 0.3) is 5.91 Å². The van der Waals surface area contributed by atoms with Crippen LogP contribution in [-0.4, -0.2) is 66.6 Å². The van der Waals surface area contributed by atoms with E-state index in [1.165, 1.54) is 6.92 Å². The van der Waals surface area contributed by atoms with E-state index < -0.39 is 0 Å². The van der Waals surface area contributed by atoms with Crippen LogP contribution in [0.15, 0.2) is 53.7 Å². The molecule has 0 saturated carbocycles. The van der Waals surface area contributed by atoms with E-state index in [0.717, 1.165) is 36.3 Å². The van der Waals surface area contributed by atoms with Gasteiger partial charge in [-0.3, -0.25) is 14.6 Å². The quantitative estimate of drug-likeness (QED) is 0.594. The van der Waals surface area contributed by atoms with Crippen LogP contribution < -0.4 is 10.6 Å². The summed E-state index contributed by atoms with van der Waals surface area (Å²) in [6.07, 6.45) is 5.70. The third kappa shape index (κ3) is 6.42. The third-order valence-corrected chi connectivity index (χ3v) is 7.09. The topological polar surface area (TPSA) is 77.0 Å². The highest BCUT2D eigenvalue weighted by molar-refractivity contribution is 6.42. The van der Waals surface area contributed by atoms with Crippen LogP contribution in [-0.2, 0) is 4.79 Å². The number of piperidine rings is 1. The Balaban J connectivity index is 1.25. The van der Waals surface area contributed by atoms with Gasteiger partial charge in [-0.15, -0.1) is 0 Å². The van der Waals surface area contributed by atoms with Crippen molar-refractivity contribution in [2.45, 2.75) is 31.8 Å². The minimum absolute atomic E-state index is 0.00600. The van der Waals surface area contributed by atoms with Crippen LogP contribution in [0.4, 0.5) is 5.69 Å². The molecule has 0 spiro atoms. The highest BCUT2D eigenvalue weighted by atomic mass is 35.5. The summed E-state index contributed by atoms with van der Waals surface area (Å²) in [6.45, 7) is 3.72. The average molecular weight is 514 g/mol. The monoisotopic (exact) mass is 513 g/mol. The minimum atomic E-state index is -0.0926. The first-order valence-corrected chi connectivity index (χ1v) is 12.4. The number of hydrogen-bond acceptors (Lipinski definition) is 5. The molecule has 2 aromatic rings. The summed E-state index contributed by atoms with van der Waals surface area (Å²) in [7, 11) is 2.12. The Hall–Kier alpha value is -2.87. The summed E-state index contributed by atoms with van der Waals surface area (Å²) < 4.78 is 0. The van der Waals surface area contributed by atoms with E-state index in [2.05, 4.69) is 27.6 Å². The Morgan fingerprint density at radius 2 is 1.83 bits per heavy atom. The molecule has 1 fully saturated rings. The predicted molar refractivity (Wildman–Crippen MR) is 142 cm³/mol. The van der Waals surface area contributed by atoms with Gasteiger partial charge in [-0.25, -0.2) is 0 Å². The zero-order valence-corrected chi connectivity index (χ0v) is 21.3. The predicted octanol–water partition coefficient (Wildman–Crippen LogP) is 4.53. The lowest BCUT2D eigenvalue weighted by Gasteiger charge is -2.38. The molecule has 2 aromatic carbocycles. The molecule has 184 valence electrons. The summed E-state index contributed by atoms with van der Waals surface area (Å²) in [4.78, 5) is 32.9. The number of anilines is 1. The maximum Gasteiger partial charge on any atom is 0.253 e. The van der Waals surface area contributed by atoms with Gasteiger partial charge in [-0.05, 0) is 50.2 Å². The smallest absolute Gasteiger partial charge is 0.253 e. The molecule has 1 atom stereocenters. The Morgan fingerprint density at radius 1 is 1.11 bits per heavy atom. The number of carbonyl (C=O) groups excluding carboxylic acids is 2. The molecule has 0 bridgehead atoms. The first-order valence-electron chi connectivity index (χ1n) is 11.6. The molecule has 4 rings (SSSR count). The summed E-state index contributed by atoms with van der Waals surface area (Å²) in [5, 5.41) is 7.04. The number of benzene rings is 2. The van der Waals surface area contributed by atoms with Gasteiger partial charge in [0.1, 0.15) is 0 Å². The molecule has 0 radical (unpaired) electrons. The third-order valence-electron chi connectivity index (χ3n) is 6.36. The van der Waals surface area contributed by atoms with Crippen LogP contribution in [0.25, 0.3) is 5.70 Å². The van der Waals surface area contributed by atoms with E-state index >= 15 is 0 Å². The summed E-state index contributed by atoms with van der Waals surface area (Å²) >= 11 is 12.0. The van der Waals surface area contributed by atoms with Crippen molar-refractivity contribution in [2.75, 3.05) is 32.0 Å². The number of amides is 2. The number of nitrogens with one attached hydrogen (secondary N) is 2. The number of aliphatic imine (C=N–C) groups is 1. The molecule has 7 nitrogen and oxygen atoms in total. The van der Waals surface area contributed by atoms with Crippen molar-refractivity contribution in [2.24, 2.45) is 4.99 Å². The van der Waals surface area contributed by atoms with Gasteiger partial charge in [0.2, 0.25) is 5.91 Å². The van der Waals surface area contributed by atoms with Gasteiger partial charge in [0.15, 0.2) is 0 Å². The van der Waals surface area contributed by atoms with E-state index in [1.54, 1.807) is 18.2 Å². The molecule has 2 heterocycles. The largest absolute Gasteiger partial charge is 0.380 e. The fourth-order valence-corrected chi connectivity index (χ4v) is 4.70. The lowest BCUT2D eigenvalue weighted by atomic mass is 10.0. The number of hydrogen-bond donors (Lipinski definition) is 2. The van der Waals surface area contributed by atoms with Gasteiger partial charge in [-0.2, -0.15) is 0 Å². The molecule has 0 aliphatic carbocycles. The molecule has 1 unspecified atom stereocenters. The SMILES string of the molecule is CC(=O)Nc1ccc(C2=CNC(CN(C)C3CCN(C(=O)c4ccc(Cl)c(Cl)c4)CC3)C=N2)cc1. The van der Waals surface area contributed by atoms with Crippen molar-refractivity contribution in [1.29, 1.82) is 0 Å². The van der Waals surface area contributed by atoms with Crippen LogP contribution in [0.3, 0.4) is 0 Å². The Morgan fingerprint density at radius 3 is 2.43 bits per heavy atom. The molecule has 2 amide bonds. The molecule has 2 aliphatic heterocycles. The highest BCUT2D eigenvalue weighted by Gasteiger charge is 2.27. The van der Waals surface area contributed by atoms with Crippen molar-refractivity contribution in [1.82, 2.24) is 15.1 Å². The first-order chi connectivity index (χ1) is 16.8. The van der Waals surface area contributed by atoms with E-state index in [1.807, 2.05) is 41.6 Å². The van der Waals surface area contributed by atoms with Crippen molar-refractivity contribution in [3.05, 3.63) is 69.8 Å². The van der Waals surface area contributed by atoms with E-state index in [0.29, 0.717) is 34.7 Å². The van der Waals surface area contributed by atoms with Gasteiger partial charge in [-0.1, -0.05) is 35.3 Å². The first kappa shape index (κ1) is 25.2. The number of halogens is 2. The summed E-state index contributed by atoms with van der Waals surface area (Å²) in [6, 6.07) is 13.1. The zero-order valence-electron chi connectivity index (χ0n) is 19.8. The van der Waals surface area contributed by atoms with Crippen LogP contribution >= 0.6 is 23.2 Å². The van der Waals surface area contributed by atoms with Crippen molar-refractivity contribution in [3.8, 4) is 0 Å². The molecule has 9 heteroatoms. The van der Waals surface area contributed by atoms with Crippen molar-refractivity contribution < 1.29 is 9.59 Å². The number of likely N-dealkylation sites (tertiary alicyclic amines) is 1. The fourth-order valence-electron chi connectivity index (χ4n) is 4.40. The normalized spacial score (nSPS) is 18.3. The Labute approximate surface area is 215 Å². The lowest BCUT2D eigenvalue weighted by Crippen LogP contribution is -2.49. The molecule has 2 N–H and O–H groups in total. The lowest BCUT2D eigenvalue weighted by molar-refractivity contribution is -0.114. The maximum absolute atomic E-state index is 12.8. The van der Waals surface area contributed by atoms with Crippen molar-refractivity contribution in [3.63, 3.8) is 0 Å². The second kappa shape index (κ2) is 11.2. The number of rotatable bonds is 6. The van der Waals surface area contributed by atoms with Crippen LogP contribution in [0.2, 0.25) is 10.0 Å². The second-order valence-electron chi connectivity index (χ2n) is 8.93. The number of carbonyl (C=O) groups is 2. The number of nitrogens with zero attached hydrogens (tertiary/aromatic N) is 3. The molecular formula is C26H29Cl2N5O2. The highest BCUT2D eigenvalue weighted by Crippen LogP contribution is 2.25. The van der Waals surface area contributed by atoms with Crippen LogP contribution in [0, 0.1) is 0 Å². The Kier molecular flexibility index (Phi) is 8.11. The minimum Gasteiger partial charge on any atom is -0.380 e. The zero-order chi connectivity index (χ0) is 24.9. The standard InChI is InChI=1S/C26H29Cl2N5O2/c1-17(34)31-20-6-3-18(4-7-20)25-15-29-21(14-30-25)16-32(2)22-9-11-33(12-10-22)26(35)19-5-8-23(27)24(28)13-19/h3-8,13-15,21-22,29H,9-12,16H2,1-2H3,(H,31,34). The maximum atomic E-state index is 12.8. The molecule has 2 aliphatic rings. The second-order valence-corrected chi connectivity index (χ2v) is 9.75. The van der Waals surface area contributed by atoms with Gasteiger partial charge >= 0.3 is 0 Å². The van der Waals surface area contributed by atoms with E-state index in [-0.39, 0.29) is 17.9 Å². The summed E-state index contributed by atoms with van der Waals surface area (Å²) in [5.74, 6) is -0.0986. The molecule has 35 heavy (non-hydrogen) atoms. The average Bonchev–Trinajstić information content (AvgIpc) is 2.86. The Bertz CT molecular complexity index is 1140. The van der Waals surface area contributed by atoms with Gasteiger partial charge in [0.05, 0.1) is 21.8 Å². The van der Waals surface area contributed by atoms with Gasteiger partial charge < -0.3 is 20.4 Å². The molecule has 1 saturated heterocycles. The van der Waals surface area contributed by atoms with E-state index in [4.69, 9.17) is 23.2 Å². The molecular weight excluding hydrogens is 485 g/mol. The number of likely N-dealkylation sites (N-methyl/N-ethyl adjacent to an activating group) is 1. The molecule has 0 aromatic heterocycles. The van der Waals surface area contributed by atoms with Crippen molar-refractivity contribution >= 4 is 52.6 Å².